The molecule has 0 saturated heterocycles. The van der Waals surface area contributed by atoms with Gasteiger partial charge in [-0.1, -0.05) is 6.07 Å². The van der Waals surface area contributed by atoms with Gasteiger partial charge in [0, 0.05) is 5.56 Å². The summed E-state index contributed by atoms with van der Waals surface area (Å²) >= 11 is 0. The van der Waals surface area contributed by atoms with Gasteiger partial charge in [-0.05, 0) is 61.6 Å². The highest BCUT2D eigenvalue weighted by Gasteiger charge is 2.22. The lowest BCUT2D eigenvalue weighted by molar-refractivity contribution is 0.103. The number of benzene rings is 1. The zero-order chi connectivity index (χ0) is 10.5. The van der Waals surface area contributed by atoms with Gasteiger partial charge in [0.15, 0.2) is 5.78 Å². The van der Waals surface area contributed by atoms with Crippen LogP contribution >= 0.6 is 0 Å². The standard InChI is InChI=1S/C13H14O/c1-7-5-11-6-8(2)13(14)12(11)10(4)9(7)3/h5-6H,1-4H3. The lowest BCUT2D eigenvalue weighted by atomic mass is 9.94. The minimum Gasteiger partial charge on any atom is -0.289 e. The summed E-state index contributed by atoms with van der Waals surface area (Å²) in [6.45, 7) is 8.08. The van der Waals surface area contributed by atoms with Gasteiger partial charge in [0.1, 0.15) is 0 Å². The molecule has 0 saturated carbocycles. The van der Waals surface area contributed by atoms with Gasteiger partial charge in [-0.25, -0.2) is 0 Å². The molecule has 0 unspecified atom stereocenters. The molecule has 0 aliphatic heterocycles. The third kappa shape index (κ3) is 1.05. The van der Waals surface area contributed by atoms with Crippen molar-refractivity contribution >= 4 is 11.9 Å². The zero-order valence-electron chi connectivity index (χ0n) is 9.06. The van der Waals surface area contributed by atoms with Crippen molar-refractivity contribution in [2.45, 2.75) is 27.7 Å². The Morgan fingerprint density at radius 3 is 2.29 bits per heavy atom. The van der Waals surface area contributed by atoms with Gasteiger partial charge in [0.05, 0.1) is 0 Å². The number of carbonyl (C=O) groups excluding carboxylic acids is 1. The Morgan fingerprint density at radius 2 is 1.64 bits per heavy atom. The van der Waals surface area contributed by atoms with Crippen LogP contribution in [0, 0.1) is 20.8 Å². The number of hydrogen-bond donors (Lipinski definition) is 0. The maximum absolute atomic E-state index is 11.8. The molecule has 0 fully saturated rings. The van der Waals surface area contributed by atoms with Crippen molar-refractivity contribution in [1.82, 2.24) is 0 Å². The van der Waals surface area contributed by atoms with Gasteiger partial charge in [0.2, 0.25) is 0 Å². The van der Waals surface area contributed by atoms with E-state index in [9.17, 15) is 4.79 Å². The van der Waals surface area contributed by atoms with Crippen LogP contribution < -0.4 is 0 Å². The second-order valence-corrected chi connectivity index (χ2v) is 4.06. The quantitative estimate of drug-likeness (QED) is 0.608. The maximum atomic E-state index is 11.8. The number of hydrogen-bond acceptors (Lipinski definition) is 1. The van der Waals surface area contributed by atoms with E-state index in [0.29, 0.717) is 0 Å². The van der Waals surface area contributed by atoms with Crippen molar-refractivity contribution in [2.24, 2.45) is 0 Å². The third-order valence-corrected chi connectivity index (χ3v) is 3.15. The van der Waals surface area contributed by atoms with Crippen molar-refractivity contribution in [3.8, 4) is 0 Å². The van der Waals surface area contributed by atoms with E-state index in [1.54, 1.807) is 0 Å². The highest BCUT2D eigenvalue weighted by atomic mass is 16.1. The van der Waals surface area contributed by atoms with Crippen LogP contribution in [-0.2, 0) is 0 Å². The van der Waals surface area contributed by atoms with Crippen LogP contribution in [0.15, 0.2) is 11.6 Å². The molecule has 2 rings (SSSR count). The normalized spacial score (nSPS) is 14.3. The Balaban J connectivity index is 2.78. The minimum absolute atomic E-state index is 0.195. The fourth-order valence-corrected chi connectivity index (χ4v) is 2.02. The van der Waals surface area contributed by atoms with Gasteiger partial charge in [0.25, 0.3) is 0 Å². The molecule has 0 amide bonds. The number of ketones is 1. The first kappa shape index (κ1) is 9.20. The Morgan fingerprint density at radius 1 is 1.00 bits per heavy atom. The molecule has 1 nitrogen and oxygen atoms in total. The molecule has 1 aliphatic carbocycles. The van der Waals surface area contributed by atoms with Crippen LogP contribution in [0.4, 0.5) is 0 Å². The largest absolute Gasteiger partial charge is 0.289 e. The molecule has 14 heavy (non-hydrogen) atoms. The summed E-state index contributed by atoms with van der Waals surface area (Å²) in [5, 5.41) is 0. The van der Waals surface area contributed by atoms with Gasteiger partial charge < -0.3 is 0 Å². The first-order valence-electron chi connectivity index (χ1n) is 4.86. The molecule has 0 aromatic heterocycles. The summed E-state index contributed by atoms with van der Waals surface area (Å²) in [6, 6.07) is 2.10. The molecule has 1 aromatic carbocycles. The predicted octanol–water partition coefficient (Wildman–Crippen LogP) is 3.21. The van der Waals surface area contributed by atoms with E-state index in [1.807, 2.05) is 19.9 Å². The van der Waals surface area contributed by atoms with E-state index in [0.717, 1.165) is 22.3 Å². The number of fused-ring (bicyclic) bond motifs is 1. The van der Waals surface area contributed by atoms with E-state index >= 15 is 0 Å². The second kappa shape index (κ2) is 2.81. The summed E-state index contributed by atoms with van der Waals surface area (Å²) in [6.07, 6.45) is 1.98. The topological polar surface area (TPSA) is 17.1 Å². The summed E-state index contributed by atoms with van der Waals surface area (Å²) in [5.41, 5.74) is 6.49. The Labute approximate surface area is 84.5 Å². The Hall–Kier alpha value is -1.37. The predicted molar refractivity (Wildman–Crippen MR) is 58.6 cm³/mol. The van der Waals surface area contributed by atoms with E-state index in [4.69, 9.17) is 0 Å². The average molecular weight is 186 g/mol. The fourth-order valence-electron chi connectivity index (χ4n) is 2.02. The lowest BCUT2D eigenvalue weighted by Gasteiger charge is -2.09. The molecule has 0 spiro atoms. The van der Waals surface area contributed by atoms with E-state index < -0.39 is 0 Å². The smallest absolute Gasteiger partial charge is 0.189 e. The van der Waals surface area contributed by atoms with Crippen LogP contribution in [0.25, 0.3) is 6.08 Å². The zero-order valence-corrected chi connectivity index (χ0v) is 9.06. The fraction of sp³-hybridized carbons (Fsp3) is 0.308. The van der Waals surface area contributed by atoms with Crippen molar-refractivity contribution in [3.63, 3.8) is 0 Å². The number of Topliss-reactive ketones (excluding diaryl/α,β-unsaturated/α-hetero) is 1. The molecular formula is C13H14O. The minimum atomic E-state index is 0.195. The summed E-state index contributed by atoms with van der Waals surface area (Å²) < 4.78 is 0. The van der Waals surface area contributed by atoms with Crippen LogP contribution in [0.5, 0.6) is 0 Å². The summed E-state index contributed by atoms with van der Waals surface area (Å²) in [4.78, 5) is 11.8. The Bertz CT molecular complexity index is 465. The van der Waals surface area contributed by atoms with Crippen LogP contribution in [0.2, 0.25) is 0 Å². The van der Waals surface area contributed by atoms with Crippen molar-refractivity contribution in [3.05, 3.63) is 39.5 Å². The number of carbonyl (C=O) groups is 1. The van der Waals surface area contributed by atoms with Gasteiger partial charge in [-0.3, -0.25) is 4.79 Å². The van der Waals surface area contributed by atoms with Crippen molar-refractivity contribution < 1.29 is 4.79 Å². The van der Waals surface area contributed by atoms with Gasteiger partial charge in [-0.2, -0.15) is 0 Å². The van der Waals surface area contributed by atoms with Crippen molar-refractivity contribution in [2.75, 3.05) is 0 Å². The molecule has 0 atom stereocenters. The molecular weight excluding hydrogens is 172 g/mol. The van der Waals surface area contributed by atoms with Crippen molar-refractivity contribution in [1.29, 1.82) is 0 Å². The van der Waals surface area contributed by atoms with Gasteiger partial charge in [-0.15, -0.1) is 0 Å². The first-order chi connectivity index (χ1) is 6.52. The highest BCUT2D eigenvalue weighted by Crippen LogP contribution is 2.30. The van der Waals surface area contributed by atoms with Gasteiger partial charge >= 0.3 is 0 Å². The summed E-state index contributed by atoms with van der Waals surface area (Å²) in [7, 11) is 0. The SMILES string of the molecule is CC1=Cc2cc(C)c(C)c(C)c2C1=O. The molecule has 1 aliphatic rings. The van der Waals surface area contributed by atoms with Crippen LogP contribution in [0.1, 0.15) is 39.5 Å². The van der Waals surface area contributed by atoms with Crippen LogP contribution in [-0.4, -0.2) is 5.78 Å². The van der Waals surface area contributed by atoms with E-state index in [1.165, 1.54) is 11.1 Å². The second-order valence-electron chi connectivity index (χ2n) is 4.06. The maximum Gasteiger partial charge on any atom is 0.189 e. The molecule has 0 N–H and O–H groups in total. The molecule has 0 radical (unpaired) electrons. The monoisotopic (exact) mass is 186 g/mol. The van der Waals surface area contributed by atoms with Crippen LogP contribution in [0.3, 0.4) is 0 Å². The average Bonchev–Trinajstić information content (AvgIpc) is 2.39. The number of allylic oxidation sites excluding steroid dienone is 1. The summed E-state index contributed by atoms with van der Waals surface area (Å²) in [5.74, 6) is 0.195. The van der Waals surface area contributed by atoms with E-state index in [2.05, 4.69) is 19.9 Å². The number of aryl methyl sites for hydroxylation is 1. The van der Waals surface area contributed by atoms with E-state index in [-0.39, 0.29) is 5.78 Å². The molecule has 0 heterocycles. The molecule has 0 bridgehead atoms. The Kier molecular flexibility index (Phi) is 1.84. The lowest BCUT2D eigenvalue weighted by Crippen LogP contribution is -2.02. The molecule has 1 aromatic rings. The highest BCUT2D eigenvalue weighted by molar-refractivity contribution is 6.18. The molecule has 1 heteroatoms. The first-order valence-corrected chi connectivity index (χ1v) is 4.86. The molecule has 72 valence electrons. The third-order valence-electron chi connectivity index (χ3n) is 3.15. The number of rotatable bonds is 0.